The number of rotatable bonds is 4. The average molecular weight is 164 g/mol. The quantitative estimate of drug-likeness (QED) is 0.614. The van der Waals surface area contributed by atoms with E-state index in [1.807, 2.05) is 6.08 Å². The fraction of sp³-hybridized carbons (Fsp3) is 0.571. The fourth-order valence-corrected chi connectivity index (χ4v) is 0.565. The molecule has 0 aromatic heterocycles. The third kappa shape index (κ3) is 5.98. The Morgan fingerprint density at radius 1 is 1.67 bits per heavy atom. The van der Waals surface area contributed by atoms with Gasteiger partial charge < -0.3 is 0 Å². The van der Waals surface area contributed by atoms with E-state index in [1.165, 1.54) is 6.42 Å². The molecule has 0 radical (unpaired) electrons. The molecule has 0 unspecified atom stereocenters. The van der Waals surface area contributed by atoms with Crippen LogP contribution in [0.4, 0.5) is 0 Å². The van der Waals surface area contributed by atoms with Gasteiger partial charge in [0.15, 0.2) is 0 Å². The molecule has 0 saturated heterocycles. The molecule has 0 aliphatic heterocycles. The van der Waals surface area contributed by atoms with Gasteiger partial charge in [-0.1, -0.05) is 0 Å². The molecular weight excluding hydrogens is 152 g/mol. The van der Waals surface area contributed by atoms with Crippen molar-refractivity contribution in [3.63, 3.8) is 0 Å². The molecule has 0 spiro atoms. The van der Waals surface area contributed by atoms with E-state index in [0.717, 1.165) is 11.0 Å². The van der Waals surface area contributed by atoms with Gasteiger partial charge in [-0.05, 0) is 0 Å². The first-order valence-electron chi connectivity index (χ1n) is 3.05. The number of ether oxygens (including phenoxy) is 1. The summed E-state index contributed by atoms with van der Waals surface area (Å²) in [6.45, 7) is 2.15. The summed E-state index contributed by atoms with van der Waals surface area (Å²) in [6.07, 6.45) is 6.35. The van der Waals surface area contributed by atoms with Crippen LogP contribution in [0.5, 0.6) is 0 Å². The predicted octanol–water partition coefficient (Wildman–Crippen LogP) is 1.67. The van der Waals surface area contributed by atoms with E-state index in [4.69, 9.17) is 4.74 Å². The molecule has 0 atom stereocenters. The van der Waals surface area contributed by atoms with Crippen LogP contribution in [0.15, 0.2) is 12.2 Å². The molecule has 0 saturated carbocycles. The van der Waals surface area contributed by atoms with Gasteiger partial charge in [0.2, 0.25) is 0 Å². The van der Waals surface area contributed by atoms with Crippen molar-refractivity contribution in [3.05, 3.63) is 12.2 Å². The van der Waals surface area contributed by atoms with E-state index in [-0.39, 0.29) is 0 Å². The van der Waals surface area contributed by atoms with Crippen LogP contribution in [0.2, 0.25) is 0 Å². The Morgan fingerprint density at radius 3 is 2.78 bits per heavy atom. The fourth-order valence-electron chi connectivity index (χ4n) is 0.414. The van der Waals surface area contributed by atoms with Crippen LogP contribution in [0, 0.1) is 0 Å². The number of unbranched alkanes of at least 4 members (excludes halogenated alkanes) is 1. The van der Waals surface area contributed by atoms with Crippen LogP contribution >= 0.6 is 0 Å². The molecule has 1 nitrogen and oxygen atoms in total. The Bertz CT molecular complexity index is 107. The first-order valence-corrected chi connectivity index (χ1v) is 3.69. The van der Waals surface area contributed by atoms with Gasteiger partial charge in [-0.25, -0.2) is 0 Å². The van der Waals surface area contributed by atoms with Gasteiger partial charge in [-0.3, -0.25) is 0 Å². The van der Waals surface area contributed by atoms with Gasteiger partial charge in [0.05, 0.1) is 0 Å². The molecule has 9 heavy (non-hydrogen) atoms. The molecule has 0 bridgehead atoms. The molecule has 0 amide bonds. The van der Waals surface area contributed by atoms with Gasteiger partial charge in [0, 0.05) is 0 Å². The molecule has 0 rings (SSSR count). The van der Waals surface area contributed by atoms with E-state index in [0.29, 0.717) is 0 Å². The Morgan fingerprint density at radius 2 is 2.33 bits per heavy atom. The molecule has 0 fully saturated rings. The third-order valence-electron chi connectivity index (χ3n) is 0.910. The summed E-state index contributed by atoms with van der Waals surface area (Å²) in [5.41, 5.74) is 0. The molecule has 0 aromatic carbocycles. The van der Waals surface area contributed by atoms with Gasteiger partial charge in [-0.2, -0.15) is 0 Å². The summed E-state index contributed by atoms with van der Waals surface area (Å²) in [7, 11) is 1.65. The van der Waals surface area contributed by atoms with Crippen molar-refractivity contribution < 1.29 is 20.6 Å². The van der Waals surface area contributed by atoms with Crippen LogP contribution in [-0.4, -0.2) is 11.7 Å². The predicted molar refractivity (Wildman–Crippen MR) is 36.1 cm³/mol. The first kappa shape index (κ1) is 9.10. The van der Waals surface area contributed by atoms with Crippen molar-refractivity contribution in [1.82, 2.24) is 0 Å². The van der Waals surface area contributed by atoms with Crippen molar-refractivity contribution in [1.29, 1.82) is 0 Å². The van der Waals surface area contributed by atoms with Crippen LogP contribution in [0.25, 0.3) is 0 Å². The zero-order valence-corrected chi connectivity index (χ0v) is 7.16. The molecular formula is C7H12CrO. The topological polar surface area (TPSA) is 9.23 Å². The minimum atomic E-state index is 0.850. The zero-order chi connectivity index (χ0) is 7.11. The average Bonchev–Trinajstić information content (AvgIpc) is 1.89. The second-order valence-electron chi connectivity index (χ2n) is 1.71. The van der Waals surface area contributed by atoms with Gasteiger partial charge in [-0.15, -0.1) is 0 Å². The monoisotopic (exact) mass is 164 g/mol. The van der Waals surface area contributed by atoms with Crippen molar-refractivity contribution in [2.75, 3.05) is 7.11 Å². The molecule has 0 heterocycles. The normalized spacial score (nSPS) is 10.4. The Balaban J connectivity index is 3.32. The van der Waals surface area contributed by atoms with Crippen molar-refractivity contribution in [2.45, 2.75) is 19.8 Å². The molecule has 2 heteroatoms. The van der Waals surface area contributed by atoms with Crippen LogP contribution < -0.4 is 0 Å². The maximum absolute atomic E-state index is 4.87. The van der Waals surface area contributed by atoms with Crippen molar-refractivity contribution >= 4 is 4.57 Å². The Hall–Kier alpha value is 0.102. The zero-order valence-electron chi connectivity index (χ0n) is 5.89. The summed E-state index contributed by atoms with van der Waals surface area (Å²) < 4.78 is 5.72. The second kappa shape index (κ2) is 6.23. The van der Waals surface area contributed by atoms with Gasteiger partial charge in [0.1, 0.15) is 0 Å². The summed E-state index contributed by atoms with van der Waals surface area (Å²) in [6, 6.07) is 0. The summed E-state index contributed by atoms with van der Waals surface area (Å²) in [5.74, 6) is 0. The van der Waals surface area contributed by atoms with Crippen LogP contribution in [0.3, 0.4) is 0 Å². The maximum atomic E-state index is 4.87. The first-order chi connectivity index (χ1) is 4.31. The van der Waals surface area contributed by atoms with Gasteiger partial charge >= 0.3 is 64.2 Å². The van der Waals surface area contributed by atoms with E-state index in [1.54, 1.807) is 7.11 Å². The Kier molecular flexibility index (Phi) is 6.30. The number of allylic oxidation sites excluding steroid dienone is 1. The van der Waals surface area contributed by atoms with Gasteiger partial charge in [0.25, 0.3) is 0 Å². The number of methoxy groups -OCH3 is 1. The summed E-state index contributed by atoms with van der Waals surface area (Å²) in [5, 5.41) is 0. The molecule has 0 aromatic rings. The molecule has 0 N–H and O–H groups in total. The third-order valence-corrected chi connectivity index (χ3v) is 1.38. The minimum absolute atomic E-state index is 0.850. The van der Waals surface area contributed by atoms with E-state index in [2.05, 4.69) is 28.9 Å². The summed E-state index contributed by atoms with van der Waals surface area (Å²) >= 11 is 2.79. The Labute approximate surface area is 64.7 Å². The molecule has 0 aliphatic rings. The standard InChI is InChI=1S/C7H12O.Cr/c1-3-4-5-6-7-8-2;/h5-6H,3-4H2,1-2H3;/b6-5+;. The van der Waals surface area contributed by atoms with Crippen LogP contribution in [0.1, 0.15) is 19.8 Å². The van der Waals surface area contributed by atoms with E-state index in [9.17, 15) is 0 Å². The summed E-state index contributed by atoms with van der Waals surface area (Å²) in [4.78, 5) is 0. The van der Waals surface area contributed by atoms with Crippen LogP contribution in [-0.2, 0) is 20.6 Å². The van der Waals surface area contributed by atoms with Crippen molar-refractivity contribution in [2.24, 2.45) is 0 Å². The SMILES string of the molecule is CCC/C=C/[C](=[Cr])OC. The second-order valence-corrected chi connectivity index (χ2v) is 2.34. The number of hydrogen-bond acceptors (Lipinski definition) is 1. The van der Waals surface area contributed by atoms with E-state index >= 15 is 0 Å². The number of hydrogen-bond donors (Lipinski definition) is 0. The molecule has 52 valence electrons. The van der Waals surface area contributed by atoms with E-state index < -0.39 is 0 Å². The van der Waals surface area contributed by atoms with Crippen molar-refractivity contribution in [3.8, 4) is 0 Å². The molecule has 0 aliphatic carbocycles.